The first-order valence-corrected chi connectivity index (χ1v) is 7.22. The highest BCUT2D eigenvalue weighted by atomic mass is 16.5. The summed E-state index contributed by atoms with van der Waals surface area (Å²) in [6.07, 6.45) is 3.15. The lowest BCUT2D eigenvalue weighted by Crippen LogP contribution is -2.31. The van der Waals surface area contributed by atoms with Crippen LogP contribution in [-0.2, 0) is 4.74 Å². The minimum Gasteiger partial charge on any atom is -0.431 e. The molecule has 2 amide bonds. The minimum absolute atomic E-state index is 0.0421. The van der Waals surface area contributed by atoms with Gasteiger partial charge in [-0.2, -0.15) is 4.98 Å². The second-order valence-corrected chi connectivity index (χ2v) is 5.16. The third-order valence-corrected chi connectivity index (χ3v) is 3.33. The van der Waals surface area contributed by atoms with Crippen LogP contribution in [0.5, 0.6) is 0 Å². The summed E-state index contributed by atoms with van der Waals surface area (Å²) in [7, 11) is 0. The number of nitrogens with zero attached hydrogens (tertiary/aromatic N) is 2. The average Bonchev–Trinajstić information content (AvgIpc) is 3.26. The van der Waals surface area contributed by atoms with Crippen molar-refractivity contribution in [2.45, 2.75) is 25.9 Å². The van der Waals surface area contributed by atoms with Gasteiger partial charge in [0.15, 0.2) is 11.4 Å². The van der Waals surface area contributed by atoms with E-state index in [4.69, 9.17) is 13.7 Å². The molecule has 1 saturated heterocycles. The van der Waals surface area contributed by atoms with Crippen LogP contribution in [0.25, 0.3) is 0 Å². The third kappa shape index (κ3) is 3.75. The molecule has 2 N–H and O–H groups in total. The summed E-state index contributed by atoms with van der Waals surface area (Å²) in [5, 5.41) is 8.69. The molecule has 0 spiro atoms. The zero-order valence-corrected chi connectivity index (χ0v) is 12.5. The number of nitrogens with one attached hydrogen (secondary N) is 2. The van der Waals surface area contributed by atoms with Gasteiger partial charge >= 0.3 is 6.01 Å². The van der Waals surface area contributed by atoms with E-state index in [1.807, 2.05) is 0 Å². The first kappa shape index (κ1) is 15.2. The Labute approximate surface area is 131 Å². The second-order valence-electron chi connectivity index (χ2n) is 5.16. The molecule has 3 heterocycles. The van der Waals surface area contributed by atoms with Gasteiger partial charge in [-0.3, -0.25) is 14.9 Å². The molecule has 9 nitrogen and oxygen atoms in total. The number of hydrogen-bond donors (Lipinski definition) is 2. The fourth-order valence-electron chi connectivity index (χ4n) is 2.17. The Morgan fingerprint density at radius 2 is 2.22 bits per heavy atom. The highest BCUT2D eigenvalue weighted by Gasteiger charge is 2.19. The van der Waals surface area contributed by atoms with E-state index in [9.17, 15) is 9.59 Å². The third-order valence-electron chi connectivity index (χ3n) is 3.33. The van der Waals surface area contributed by atoms with Gasteiger partial charge in [0, 0.05) is 19.2 Å². The van der Waals surface area contributed by atoms with Crippen molar-refractivity contribution in [2.75, 3.05) is 18.5 Å². The van der Waals surface area contributed by atoms with Crippen LogP contribution in [0, 0.1) is 6.92 Å². The van der Waals surface area contributed by atoms with Crippen molar-refractivity contribution >= 4 is 17.8 Å². The Morgan fingerprint density at radius 1 is 1.35 bits per heavy atom. The van der Waals surface area contributed by atoms with Gasteiger partial charge in [0.05, 0.1) is 6.10 Å². The fraction of sp³-hybridized carbons (Fsp3) is 0.429. The van der Waals surface area contributed by atoms with Gasteiger partial charge in [0.1, 0.15) is 12.0 Å². The number of hydrogen-bond acceptors (Lipinski definition) is 7. The van der Waals surface area contributed by atoms with Crippen LogP contribution in [0.3, 0.4) is 0 Å². The number of aromatic nitrogens is 2. The topological polar surface area (TPSA) is 119 Å². The fourth-order valence-corrected chi connectivity index (χ4v) is 2.17. The number of aryl methyl sites for hydroxylation is 1. The largest absolute Gasteiger partial charge is 0.431 e. The van der Waals surface area contributed by atoms with Crippen LogP contribution in [0.4, 0.5) is 6.01 Å². The minimum atomic E-state index is -0.532. The number of anilines is 1. The lowest BCUT2D eigenvalue weighted by Gasteiger charge is -2.09. The SMILES string of the molecule is Cc1cc(C(=O)Nc2nc(C(=O)NC[C@@H]3CCCO3)co2)no1. The van der Waals surface area contributed by atoms with E-state index in [-0.39, 0.29) is 29.4 Å². The Hall–Kier alpha value is -2.68. The van der Waals surface area contributed by atoms with Crippen molar-refractivity contribution in [2.24, 2.45) is 0 Å². The Balaban J connectivity index is 1.54. The summed E-state index contributed by atoms with van der Waals surface area (Å²) in [6.45, 7) is 2.82. The summed E-state index contributed by atoms with van der Waals surface area (Å²) in [5.74, 6) is -0.409. The molecule has 0 saturated carbocycles. The van der Waals surface area contributed by atoms with Crippen molar-refractivity contribution in [3.8, 4) is 0 Å². The lowest BCUT2D eigenvalue weighted by atomic mass is 10.2. The quantitative estimate of drug-likeness (QED) is 0.847. The average molecular weight is 320 g/mol. The Bertz CT molecular complexity index is 702. The lowest BCUT2D eigenvalue weighted by molar-refractivity contribution is 0.0853. The first-order chi connectivity index (χ1) is 11.1. The molecule has 122 valence electrons. The molecule has 9 heteroatoms. The van der Waals surface area contributed by atoms with E-state index in [0.717, 1.165) is 19.4 Å². The van der Waals surface area contributed by atoms with Gasteiger partial charge in [-0.1, -0.05) is 5.16 Å². The molecule has 0 radical (unpaired) electrons. The molecule has 0 unspecified atom stereocenters. The summed E-state index contributed by atoms with van der Waals surface area (Å²) >= 11 is 0. The van der Waals surface area contributed by atoms with Crippen molar-refractivity contribution in [1.29, 1.82) is 0 Å². The molecule has 0 bridgehead atoms. The molecule has 1 aliphatic rings. The highest BCUT2D eigenvalue weighted by Crippen LogP contribution is 2.12. The second kappa shape index (κ2) is 6.61. The van der Waals surface area contributed by atoms with Crippen molar-refractivity contribution in [3.05, 3.63) is 29.5 Å². The highest BCUT2D eigenvalue weighted by molar-refractivity contribution is 6.02. The summed E-state index contributed by atoms with van der Waals surface area (Å²) < 4.78 is 15.3. The Morgan fingerprint density at radius 3 is 2.91 bits per heavy atom. The summed E-state index contributed by atoms with van der Waals surface area (Å²) in [5.41, 5.74) is 0.180. The van der Waals surface area contributed by atoms with Crippen LogP contribution in [0.1, 0.15) is 39.6 Å². The standard InChI is InChI=1S/C14H16N4O5/c1-8-5-10(18-23-8)13(20)17-14-16-11(7-22-14)12(19)15-6-9-3-2-4-21-9/h5,7,9H,2-4,6H2,1H3,(H,15,19)(H,16,17,20)/t9-/m0/s1. The van der Waals surface area contributed by atoms with Crippen LogP contribution in [-0.4, -0.2) is 41.2 Å². The number of carbonyl (C=O) groups excluding carboxylic acids is 2. The van der Waals surface area contributed by atoms with E-state index in [1.54, 1.807) is 6.92 Å². The molecule has 1 fully saturated rings. The number of ether oxygens (including phenoxy) is 1. The van der Waals surface area contributed by atoms with Crippen molar-refractivity contribution < 1.29 is 23.3 Å². The van der Waals surface area contributed by atoms with Crippen LogP contribution in [0.15, 0.2) is 21.3 Å². The predicted octanol–water partition coefficient (Wildman–Crippen LogP) is 1.13. The molecule has 1 aliphatic heterocycles. The number of rotatable bonds is 5. The maximum Gasteiger partial charge on any atom is 0.302 e. The predicted molar refractivity (Wildman–Crippen MR) is 77.0 cm³/mol. The van der Waals surface area contributed by atoms with Gasteiger partial charge in [-0.05, 0) is 19.8 Å². The molecule has 1 atom stereocenters. The molecule has 0 aromatic carbocycles. The van der Waals surface area contributed by atoms with Gasteiger partial charge in [0.25, 0.3) is 11.8 Å². The zero-order chi connectivity index (χ0) is 16.2. The van der Waals surface area contributed by atoms with Crippen LogP contribution in [0.2, 0.25) is 0 Å². The van der Waals surface area contributed by atoms with Gasteiger partial charge < -0.3 is 19.0 Å². The van der Waals surface area contributed by atoms with Crippen LogP contribution < -0.4 is 10.6 Å². The van der Waals surface area contributed by atoms with Crippen molar-refractivity contribution in [3.63, 3.8) is 0 Å². The van der Waals surface area contributed by atoms with E-state index in [0.29, 0.717) is 12.3 Å². The summed E-state index contributed by atoms with van der Waals surface area (Å²) in [4.78, 5) is 27.7. The van der Waals surface area contributed by atoms with Gasteiger partial charge in [0.2, 0.25) is 0 Å². The molecule has 0 aliphatic carbocycles. The summed E-state index contributed by atoms with van der Waals surface area (Å²) in [6, 6.07) is 1.39. The Kier molecular flexibility index (Phi) is 4.38. The van der Waals surface area contributed by atoms with E-state index >= 15 is 0 Å². The van der Waals surface area contributed by atoms with Crippen molar-refractivity contribution in [1.82, 2.24) is 15.5 Å². The smallest absolute Gasteiger partial charge is 0.302 e. The zero-order valence-electron chi connectivity index (χ0n) is 12.5. The molecule has 23 heavy (non-hydrogen) atoms. The number of amides is 2. The maximum absolute atomic E-state index is 11.9. The molecule has 2 aromatic rings. The maximum atomic E-state index is 11.9. The molecular formula is C14H16N4O5. The molecule has 3 rings (SSSR count). The van der Waals surface area contributed by atoms with Gasteiger partial charge in [-0.25, -0.2) is 0 Å². The van der Waals surface area contributed by atoms with E-state index in [1.165, 1.54) is 12.3 Å². The van der Waals surface area contributed by atoms with E-state index < -0.39 is 5.91 Å². The first-order valence-electron chi connectivity index (χ1n) is 7.22. The van der Waals surface area contributed by atoms with Crippen LogP contribution >= 0.6 is 0 Å². The molecule has 2 aromatic heterocycles. The monoisotopic (exact) mass is 320 g/mol. The van der Waals surface area contributed by atoms with E-state index in [2.05, 4.69) is 20.8 Å². The number of carbonyl (C=O) groups is 2. The number of oxazole rings is 1. The normalized spacial score (nSPS) is 17.2. The molecular weight excluding hydrogens is 304 g/mol. The van der Waals surface area contributed by atoms with Gasteiger partial charge in [-0.15, -0.1) is 0 Å².